The van der Waals surface area contributed by atoms with Gasteiger partial charge in [-0.25, -0.2) is 0 Å². The maximum Gasteiger partial charge on any atom is 0.257 e. The Balaban J connectivity index is 2.07. The number of hydrogen-bond donors (Lipinski definition) is 1. The number of piperidine rings is 1. The number of carbonyl (C=O) groups excluding carboxylic acids is 1. The molecule has 2 rings (SSSR count). The highest BCUT2D eigenvalue weighted by Gasteiger charge is 2.26. The monoisotopic (exact) mass is 279 g/mol. The second-order valence-corrected chi connectivity index (χ2v) is 5.02. The molecule has 6 heteroatoms. The largest absolute Gasteiger partial charge is 0.494 e. The minimum atomic E-state index is -0.0272. The zero-order valence-corrected chi connectivity index (χ0v) is 11.7. The molecule has 102 valence electrons. The fourth-order valence-corrected chi connectivity index (χ4v) is 2.49. The molecule has 1 aromatic heterocycles. The van der Waals surface area contributed by atoms with Crippen molar-refractivity contribution in [3.05, 3.63) is 24.0 Å². The first-order valence-corrected chi connectivity index (χ1v) is 6.61. The number of methoxy groups -OCH3 is 1. The second-order valence-electron chi connectivity index (χ2n) is 4.54. The lowest BCUT2D eigenvalue weighted by Gasteiger charge is -2.31. The topological polar surface area (TPSA) is 68.5 Å². The van der Waals surface area contributed by atoms with E-state index in [1.165, 1.54) is 7.11 Å². The standard InChI is InChI=1S/C13H17N3O2S/c1-18-11-8-15-5-2-10(11)13(17)16-6-3-9(4-7-16)12(14)19/h2,5,8-9H,3-4,6-7H2,1H3,(H2,14,19). The van der Waals surface area contributed by atoms with E-state index in [4.69, 9.17) is 22.7 Å². The van der Waals surface area contributed by atoms with Gasteiger partial charge in [-0.05, 0) is 18.9 Å². The summed E-state index contributed by atoms with van der Waals surface area (Å²) >= 11 is 5.00. The normalized spacial score (nSPS) is 16.2. The lowest BCUT2D eigenvalue weighted by Crippen LogP contribution is -2.41. The number of hydrogen-bond acceptors (Lipinski definition) is 4. The Bertz CT molecular complexity index is 485. The number of thiocarbonyl (C=S) groups is 1. The molecule has 1 aromatic rings. The Hall–Kier alpha value is -1.69. The van der Waals surface area contributed by atoms with Crippen molar-refractivity contribution < 1.29 is 9.53 Å². The van der Waals surface area contributed by atoms with Crippen molar-refractivity contribution in [3.8, 4) is 5.75 Å². The van der Waals surface area contributed by atoms with Crippen LogP contribution in [0, 0.1) is 5.92 Å². The first-order valence-electron chi connectivity index (χ1n) is 6.20. The summed E-state index contributed by atoms with van der Waals surface area (Å²) in [5.74, 6) is 0.725. The number of likely N-dealkylation sites (tertiary alicyclic amines) is 1. The third-order valence-corrected chi connectivity index (χ3v) is 3.75. The number of nitrogens with zero attached hydrogens (tertiary/aromatic N) is 2. The van der Waals surface area contributed by atoms with E-state index >= 15 is 0 Å². The fourth-order valence-electron chi connectivity index (χ4n) is 2.26. The van der Waals surface area contributed by atoms with E-state index in [0.29, 0.717) is 29.4 Å². The number of aromatic nitrogens is 1. The summed E-state index contributed by atoms with van der Waals surface area (Å²) in [6.07, 6.45) is 4.80. The maximum absolute atomic E-state index is 12.4. The van der Waals surface area contributed by atoms with Crippen LogP contribution >= 0.6 is 12.2 Å². The van der Waals surface area contributed by atoms with Gasteiger partial charge in [-0.15, -0.1) is 0 Å². The molecule has 0 saturated carbocycles. The summed E-state index contributed by atoms with van der Waals surface area (Å²) < 4.78 is 5.17. The first-order chi connectivity index (χ1) is 9.13. The maximum atomic E-state index is 12.4. The van der Waals surface area contributed by atoms with Crippen LogP contribution in [0.3, 0.4) is 0 Å². The van der Waals surface area contributed by atoms with E-state index in [9.17, 15) is 4.79 Å². The van der Waals surface area contributed by atoms with Gasteiger partial charge in [0.05, 0.1) is 23.9 Å². The van der Waals surface area contributed by atoms with Crippen LogP contribution < -0.4 is 10.5 Å². The van der Waals surface area contributed by atoms with Crippen molar-refractivity contribution in [1.29, 1.82) is 0 Å². The Kier molecular flexibility index (Phi) is 4.31. The van der Waals surface area contributed by atoms with Crippen molar-refractivity contribution in [3.63, 3.8) is 0 Å². The number of carbonyl (C=O) groups is 1. The van der Waals surface area contributed by atoms with Crippen LogP contribution in [-0.2, 0) is 0 Å². The third kappa shape index (κ3) is 3.01. The van der Waals surface area contributed by atoms with Gasteiger partial charge in [0.15, 0.2) is 0 Å². The molecular formula is C13H17N3O2S. The molecule has 5 nitrogen and oxygen atoms in total. The third-order valence-electron chi connectivity index (χ3n) is 3.42. The van der Waals surface area contributed by atoms with Gasteiger partial charge < -0.3 is 15.4 Å². The molecule has 0 aromatic carbocycles. The number of pyridine rings is 1. The molecule has 0 aliphatic carbocycles. The number of amides is 1. The van der Waals surface area contributed by atoms with Crippen molar-refractivity contribution in [1.82, 2.24) is 9.88 Å². The number of nitrogens with two attached hydrogens (primary N) is 1. The van der Waals surface area contributed by atoms with Crippen LogP contribution in [0.2, 0.25) is 0 Å². The summed E-state index contributed by atoms with van der Waals surface area (Å²) in [6, 6.07) is 1.68. The quantitative estimate of drug-likeness (QED) is 0.843. The van der Waals surface area contributed by atoms with Crippen molar-refractivity contribution in [2.45, 2.75) is 12.8 Å². The lowest BCUT2D eigenvalue weighted by atomic mass is 9.96. The van der Waals surface area contributed by atoms with Crippen molar-refractivity contribution >= 4 is 23.1 Å². The van der Waals surface area contributed by atoms with Crippen LogP contribution in [-0.4, -0.2) is 41.0 Å². The summed E-state index contributed by atoms with van der Waals surface area (Å²) in [7, 11) is 1.53. The zero-order chi connectivity index (χ0) is 13.8. The van der Waals surface area contributed by atoms with Crippen LogP contribution in [0.15, 0.2) is 18.5 Å². The molecule has 1 fully saturated rings. The summed E-state index contributed by atoms with van der Waals surface area (Å²) in [5.41, 5.74) is 6.19. The molecule has 1 aliphatic rings. The Morgan fingerprint density at radius 2 is 2.21 bits per heavy atom. The predicted molar refractivity (Wildman–Crippen MR) is 76.2 cm³/mol. The van der Waals surface area contributed by atoms with Gasteiger partial charge in [-0.3, -0.25) is 9.78 Å². The SMILES string of the molecule is COc1cnccc1C(=O)N1CCC(C(N)=S)CC1. The van der Waals surface area contributed by atoms with E-state index in [0.717, 1.165) is 12.8 Å². The van der Waals surface area contributed by atoms with Gasteiger partial charge in [-0.2, -0.15) is 0 Å². The number of rotatable bonds is 3. The van der Waals surface area contributed by atoms with Crippen molar-refractivity contribution in [2.75, 3.05) is 20.2 Å². The molecule has 0 radical (unpaired) electrons. The average molecular weight is 279 g/mol. The summed E-state index contributed by atoms with van der Waals surface area (Å²) in [5, 5.41) is 0. The molecule has 0 bridgehead atoms. The molecule has 2 N–H and O–H groups in total. The minimum Gasteiger partial charge on any atom is -0.494 e. The highest BCUT2D eigenvalue weighted by Crippen LogP contribution is 2.22. The molecule has 2 heterocycles. The van der Waals surface area contributed by atoms with Gasteiger partial charge >= 0.3 is 0 Å². The smallest absolute Gasteiger partial charge is 0.257 e. The average Bonchev–Trinajstić information content (AvgIpc) is 2.46. The van der Waals surface area contributed by atoms with E-state index in [2.05, 4.69) is 4.98 Å². The van der Waals surface area contributed by atoms with Gasteiger partial charge in [0.2, 0.25) is 0 Å². The molecule has 0 atom stereocenters. The van der Waals surface area contributed by atoms with E-state index in [-0.39, 0.29) is 11.8 Å². The lowest BCUT2D eigenvalue weighted by molar-refractivity contribution is 0.0707. The van der Waals surface area contributed by atoms with Crippen LogP contribution in [0.25, 0.3) is 0 Å². The molecule has 19 heavy (non-hydrogen) atoms. The van der Waals surface area contributed by atoms with Gasteiger partial charge in [0, 0.05) is 25.2 Å². The molecule has 0 spiro atoms. The van der Waals surface area contributed by atoms with Gasteiger partial charge in [0.1, 0.15) is 5.75 Å². The Morgan fingerprint density at radius 1 is 1.53 bits per heavy atom. The molecular weight excluding hydrogens is 262 g/mol. The zero-order valence-electron chi connectivity index (χ0n) is 10.8. The van der Waals surface area contributed by atoms with Gasteiger partial charge in [-0.1, -0.05) is 12.2 Å². The van der Waals surface area contributed by atoms with E-state index in [1.807, 2.05) is 4.90 Å². The summed E-state index contributed by atoms with van der Waals surface area (Å²) in [6.45, 7) is 1.35. The molecule has 0 unspecified atom stereocenters. The summed E-state index contributed by atoms with van der Waals surface area (Å²) in [4.78, 5) is 18.7. The van der Waals surface area contributed by atoms with Gasteiger partial charge in [0.25, 0.3) is 5.91 Å². The van der Waals surface area contributed by atoms with E-state index in [1.54, 1.807) is 18.5 Å². The molecule has 1 saturated heterocycles. The Labute approximate surface area is 117 Å². The highest BCUT2D eigenvalue weighted by atomic mass is 32.1. The number of ether oxygens (including phenoxy) is 1. The van der Waals surface area contributed by atoms with E-state index < -0.39 is 0 Å². The molecule has 1 amide bonds. The minimum absolute atomic E-state index is 0.0272. The van der Waals surface area contributed by atoms with Crippen LogP contribution in [0.1, 0.15) is 23.2 Å². The second kappa shape index (κ2) is 5.97. The van der Waals surface area contributed by atoms with Crippen LogP contribution in [0.4, 0.5) is 0 Å². The van der Waals surface area contributed by atoms with Crippen molar-refractivity contribution in [2.24, 2.45) is 11.7 Å². The van der Waals surface area contributed by atoms with Crippen LogP contribution in [0.5, 0.6) is 5.75 Å². The predicted octanol–water partition coefficient (Wildman–Crippen LogP) is 1.23. The fraction of sp³-hybridized carbons (Fsp3) is 0.462. The Morgan fingerprint density at radius 3 is 2.79 bits per heavy atom. The first kappa shape index (κ1) is 13.7. The highest BCUT2D eigenvalue weighted by molar-refractivity contribution is 7.80. The molecule has 1 aliphatic heterocycles.